The van der Waals surface area contributed by atoms with Crippen molar-refractivity contribution in [1.29, 1.82) is 0 Å². The Morgan fingerprint density at radius 1 is 0.900 bits per heavy atom. The lowest BCUT2D eigenvalue weighted by Crippen LogP contribution is -2.12. The first-order valence-electron chi connectivity index (χ1n) is 7.20. The van der Waals surface area contributed by atoms with E-state index in [0.717, 1.165) is 36.8 Å². The largest absolute Gasteiger partial charge is 0.285 e. The molecule has 20 heavy (non-hydrogen) atoms. The van der Waals surface area contributed by atoms with E-state index in [-0.39, 0.29) is 5.78 Å². The van der Waals surface area contributed by atoms with Gasteiger partial charge >= 0.3 is 0 Å². The maximum absolute atomic E-state index is 12.7. The summed E-state index contributed by atoms with van der Waals surface area (Å²) in [4.78, 5) is 21.3. The molecule has 2 rings (SSSR count). The van der Waals surface area contributed by atoms with Crippen molar-refractivity contribution in [1.82, 2.24) is 9.97 Å². The standard InChI is InChI=1S/C17H20N2O/c1-3-7-13-9-5-11-18-15(13)17(20)16-14(8-4-2)10-6-12-19-16/h5-6,9-12H,3-4,7-8H2,1-2H3. The highest BCUT2D eigenvalue weighted by Gasteiger charge is 2.18. The van der Waals surface area contributed by atoms with Crippen LogP contribution in [-0.4, -0.2) is 15.8 Å². The molecule has 0 aliphatic rings. The first kappa shape index (κ1) is 14.4. The smallest absolute Gasteiger partial charge is 0.230 e. The van der Waals surface area contributed by atoms with Crippen LogP contribution in [0.15, 0.2) is 36.7 Å². The first-order valence-corrected chi connectivity index (χ1v) is 7.20. The second-order valence-electron chi connectivity index (χ2n) is 4.85. The van der Waals surface area contributed by atoms with Gasteiger partial charge in [0.25, 0.3) is 0 Å². The number of hydrogen-bond donors (Lipinski definition) is 0. The van der Waals surface area contributed by atoms with Crippen LogP contribution >= 0.6 is 0 Å². The van der Waals surface area contributed by atoms with Crippen LogP contribution in [0, 0.1) is 0 Å². The Bertz CT molecular complexity index is 542. The first-order chi connectivity index (χ1) is 9.77. The van der Waals surface area contributed by atoms with Gasteiger partial charge in [-0.05, 0) is 36.1 Å². The van der Waals surface area contributed by atoms with E-state index in [1.807, 2.05) is 24.3 Å². The van der Waals surface area contributed by atoms with E-state index in [1.165, 1.54) is 0 Å². The van der Waals surface area contributed by atoms with Gasteiger partial charge in [0.15, 0.2) is 0 Å². The minimum Gasteiger partial charge on any atom is -0.285 e. The number of aromatic nitrogens is 2. The summed E-state index contributed by atoms with van der Waals surface area (Å²) in [6, 6.07) is 7.72. The van der Waals surface area contributed by atoms with Gasteiger partial charge in [0.1, 0.15) is 11.4 Å². The number of aryl methyl sites for hydroxylation is 2. The van der Waals surface area contributed by atoms with E-state index < -0.39 is 0 Å². The minimum absolute atomic E-state index is 0.0573. The highest BCUT2D eigenvalue weighted by atomic mass is 16.1. The molecule has 2 aromatic heterocycles. The Hall–Kier alpha value is -2.03. The van der Waals surface area contributed by atoms with Crippen LogP contribution in [0.25, 0.3) is 0 Å². The van der Waals surface area contributed by atoms with Gasteiger partial charge in [0.05, 0.1) is 0 Å². The number of nitrogens with zero attached hydrogens (tertiary/aromatic N) is 2. The van der Waals surface area contributed by atoms with Crippen molar-refractivity contribution in [2.45, 2.75) is 39.5 Å². The number of hydrogen-bond acceptors (Lipinski definition) is 3. The number of carbonyl (C=O) groups excluding carboxylic acids is 1. The summed E-state index contributed by atoms with van der Waals surface area (Å²) < 4.78 is 0. The Morgan fingerprint density at radius 2 is 1.35 bits per heavy atom. The van der Waals surface area contributed by atoms with Crippen molar-refractivity contribution in [2.24, 2.45) is 0 Å². The molecule has 0 aliphatic heterocycles. The summed E-state index contributed by atoms with van der Waals surface area (Å²) in [6.45, 7) is 4.20. The van der Waals surface area contributed by atoms with Crippen molar-refractivity contribution in [2.75, 3.05) is 0 Å². The Balaban J connectivity index is 2.41. The van der Waals surface area contributed by atoms with Gasteiger partial charge in [-0.2, -0.15) is 0 Å². The zero-order valence-corrected chi connectivity index (χ0v) is 12.1. The van der Waals surface area contributed by atoms with Crippen LogP contribution in [0.3, 0.4) is 0 Å². The predicted molar refractivity (Wildman–Crippen MR) is 79.9 cm³/mol. The average Bonchev–Trinajstić information content (AvgIpc) is 2.48. The third-order valence-electron chi connectivity index (χ3n) is 3.25. The second kappa shape index (κ2) is 6.94. The van der Waals surface area contributed by atoms with Gasteiger partial charge in [-0.25, -0.2) is 0 Å². The average molecular weight is 268 g/mol. The highest BCUT2D eigenvalue weighted by Crippen LogP contribution is 2.16. The third kappa shape index (κ3) is 3.10. The van der Waals surface area contributed by atoms with E-state index in [4.69, 9.17) is 0 Å². The molecule has 3 nitrogen and oxygen atoms in total. The summed E-state index contributed by atoms with van der Waals surface area (Å²) in [5.41, 5.74) is 3.11. The Morgan fingerprint density at radius 3 is 1.75 bits per heavy atom. The predicted octanol–water partition coefficient (Wildman–Crippen LogP) is 3.61. The van der Waals surface area contributed by atoms with E-state index >= 15 is 0 Å². The summed E-state index contributed by atoms with van der Waals surface area (Å²) in [7, 11) is 0. The molecule has 0 saturated heterocycles. The molecule has 0 saturated carbocycles. The van der Waals surface area contributed by atoms with Crippen LogP contribution in [0.4, 0.5) is 0 Å². The van der Waals surface area contributed by atoms with Crippen LogP contribution < -0.4 is 0 Å². The van der Waals surface area contributed by atoms with E-state index in [9.17, 15) is 4.79 Å². The molecular weight excluding hydrogens is 248 g/mol. The van der Waals surface area contributed by atoms with Crippen molar-refractivity contribution < 1.29 is 4.79 Å². The minimum atomic E-state index is -0.0573. The number of ketones is 1. The van der Waals surface area contributed by atoms with Crippen molar-refractivity contribution in [3.8, 4) is 0 Å². The zero-order chi connectivity index (χ0) is 14.4. The van der Waals surface area contributed by atoms with Gasteiger partial charge in [0, 0.05) is 12.4 Å². The molecule has 3 heteroatoms. The topological polar surface area (TPSA) is 42.9 Å². The van der Waals surface area contributed by atoms with Crippen LogP contribution in [0.1, 0.15) is 54.0 Å². The fourth-order valence-electron chi connectivity index (χ4n) is 2.34. The van der Waals surface area contributed by atoms with E-state index in [0.29, 0.717) is 11.4 Å². The maximum atomic E-state index is 12.7. The van der Waals surface area contributed by atoms with Crippen LogP contribution in [0.5, 0.6) is 0 Å². The molecule has 0 amide bonds. The van der Waals surface area contributed by atoms with E-state index in [2.05, 4.69) is 23.8 Å². The molecule has 0 aliphatic carbocycles. The van der Waals surface area contributed by atoms with Crippen molar-refractivity contribution >= 4 is 5.78 Å². The molecule has 2 aromatic rings. The summed E-state index contributed by atoms with van der Waals surface area (Å²) >= 11 is 0. The molecular formula is C17H20N2O. The molecule has 0 fully saturated rings. The number of rotatable bonds is 6. The quantitative estimate of drug-likeness (QED) is 0.752. The molecule has 0 radical (unpaired) electrons. The highest BCUT2D eigenvalue weighted by molar-refractivity contribution is 6.08. The lowest BCUT2D eigenvalue weighted by atomic mass is 9.99. The van der Waals surface area contributed by atoms with Gasteiger partial charge in [-0.15, -0.1) is 0 Å². The van der Waals surface area contributed by atoms with Crippen molar-refractivity contribution in [3.63, 3.8) is 0 Å². The fraction of sp³-hybridized carbons (Fsp3) is 0.353. The van der Waals surface area contributed by atoms with Gasteiger partial charge in [0.2, 0.25) is 5.78 Å². The third-order valence-corrected chi connectivity index (χ3v) is 3.25. The maximum Gasteiger partial charge on any atom is 0.230 e. The summed E-state index contributed by atoms with van der Waals surface area (Å²) in [5, 5.41) is 0. The molecule has 0 atom stereocenters. The van der Waals surface area contributed by atoms with Gasteiger partial charge in [-0.1, -0.05) is 38.8 Å². The van der Waals surface area contributed by atoms with Crippen LogP contribution in [-0.2, 0) is 12.8 Å². The SMILES string of the molecule is CCCc1cccnc1C(=O)c1ncccc1CCC. The van der Waals surface area contributed by atoms with Gasteiger partial charge in [-0.3, -0.25) is 14.8 Å². The molecule has 0 bridgehead atoms. The second-order valence-corrected chi connectivity index (χ2v) is 4.85. The Labute approximate surface area is 120 Å². The number of pyridine rings is 2. The lowest BCUT2D eigenvalue weighted by Gasteiger charge is -2.09. The molecule has 0 N–H and O–H groups in total. The van der Waals surface area contributed by atoms with E-state index in [1.54, 1.807) is 12.4 Å². The monoisotopic (exact) mass is 268 g/mol. The number of carbonyl (C=O) groups is 1. The van der Waals surface area contributed by atoms with Crippen LogP contribution in [0.2, 0.25) is 0 Å². The lowest BCUT2D eigenvalue weighted by molar-refractivity contribution is 0.102. The normalized spacial score (nSPS) is 10.5. The van der Waals surface area contributed by atoms with Crippen molar-refractivity contribution in [3.05, 3.63) is 59.2 Å². The molecule has 0 unspecified atom stereocenters. The molecule has 2 heterocycles. The molecule has 0 aromatic carbocycles. The zero-order valence-electron chi connectivity index (χ0n) is 12.1. The summed E-state index contributed by atoms with van der Waals surface area (Å²) in [5.74, 6) is -0.0573. The Kier molecular flexibility index (Phi) is 4.99. The molecule has 104 valence electrons. The molecule has 0 spiro atoms. The van der Waals surface area contributed by atoms with Gasteiger partial charge < -0.3 is 0 Å². The summed E-state index contributed by atoms with van der Waals surface area (Å²) in [6.07, 6.45) is 7.07. The fourth-order valence-corrected chi connectivity index (χ4v) is 2.34.